The molecular weight excluding hydrogens is 351 g/mol. The van der Waals surface area contributed by atoms with Crippen molar-refractivity contribution in [3.05, 3.63) is 30.1 Å². The Balaban J connectivity index is 1.85. The van der Waals surface area contributed by atoms with Crippen molar-refractivity contribution < 1.29 is 19.7 Å². The Morgan fingerprint density at radius 3 is 2.50 bits per heavy atom. The molecule has 0 bridgehead atoms. The summed E-state index contributed by atoms with van der Waals surface area (Å²) in [6.45, 7) is 0. The molecule has 0 aliphatic heterocycles. The van der Waals surface area contributed by atoms with E-state index in [1.807, 2.05) is 12.1 Å². The number of nitrogens with zero attached hydrogens (tertiary/aromatic N) is 1. The Labute approximate surface area is 155 Å². The van der Waals surface area contributed by atoms with E-state index >= 15 is 0 Å². The van der Waals surface area contributed by atoms with Crippen LogP contribution in [0.1, 0.15) is 56.9 Å². The number of hydrogen-bond donors (Lipinski definition) is 4. The smallest absolute Gasteiger partial charge is 0.314 e. The van der Waals surface area contributed by atoms with Crippen molar-refractivity contribution in [1.82, 2.24) is 4.98 Å². The fourth-order valence-electron chi connectivity index (χ4n) is 3.62. The van der Waals surface area contributed by atoms with E-state index in [1.165, 1.54) is 6.42 Å². The number of aromatic nitrogens is 1. The Hall–Kier alpha value is -1.36. The molecule has 1 saturated carbocycles. The first-order chi connectivity index (χ1) is 12.4. The molecule has 1 aliphatic carbocycles. The van der Waals surface area contributed by atoms with E-state index in [2.05, 4.69) is 4.98 Å². The van der Waals surface area contributed by atoms with Crippen molar-refractivity contribution in [2.24, 2.45) is 11.8 Å². The van der Waals surface area contributed by atoms with Gasteiger partial charge >= 0.3 is 13.7 Å². The topological polar surface area (TPSA) is 115 Å². The zero-order valence-corrected chi connectivity index (χ0v) is 16.1. The van der Waals surface area contributed by atoms with Crippen LogP contribution in [0.2, 0.25) is 0 Å². The number of aryl methyl sites for hydroxylation is 1. The summed E-state index contributed by atoms with van der Waals surface area (Å²) in [4.78, 5) is 36.3. The van der Waals surface area contributed by atoms with Crippen LogP contribution < -0.4 is 0 Å². The highest BCUT2D eigenvalue weighted by molar-refractivity contribution is 7.81. The van der Waals surface area contributed by atoms with Gasteiger partial charge in [-0.1, -0.05) is 19.3 Å². The van der Waals surface area contributed by atoms with Gasteiger partial charge < -0.3 is 5.11 Å². The summed E-state index contributed by atoms with van der Waals surface area (Å²) in [7, 11) is -3.63. The number of carboxylic acids is 1. The first kappa shape index (κ1) is 20.9. The van der Waals surface area contributed by atoms with Gasteiger partial charge in [0.25, 0.3) is 0 Å². The van der Waals surface area contributed by atoms with E-state index < -0.39 is 19.6 Å². The molecule has 7 heteroatoms. The maximum Gasteiger partial charge on any atom is 0.314 e. The maximum absolute atomic E-state index is 11.5. The van der Waals surface area contributed by atoms with Gasteiger partial charge in [-0.3, -0.25) is 15.2 Å². The highest BCUT2D eigenvalue weighted by Gasteiger charge is 2.45. The van der Waals surface area contributed by atoms with Crippen LogP contribution in [0.15, 0.2) is 24.5 Å². The molecule has 1 fully saturated rings. The lowest BCUT2D eigenvalue weighted by Gasteiger charge is -2.23. The molecule has 1 aromatic heterocycles. The second kappa shape index (κ2) is 10.1. The van der Waals surface area contributed by atoms with E-state index in [-0.39, 0.29) is 11.6 Å². The van der Waals surface area contributed by atoms with Gasteiger partial charge in [0, 0.05) is 18.8 Å². The average Bonchev–Trinajstić information content (AvgIpc) is 2.62. The Kier molecular flexibility index (Phi) is 8.14. The number of hydrogen-bond acceptors (Lipinski definition) is 5. The molecule has 6 nitrogen and oxygen atoms in total. The van der Waals surface area contributed by atoms with Crippen molar-refractivity contribution in [3.63, 3.8) is 0 Å². The maximum atomic E-state index is 11.5. The summed E-state index contributed by atoms with van der Waals surface area (Å²) < 4.78 is 0. The molecule has 4 N–H and O–H groups in total. The minimum atomic E-state index is -3.63. The van der Waals surface area contributed by atoms with Gasteiger partial charge in [-0.25, -0.2) is 9.79 Å². The van der Waals surface area contributed by atoms with Gasteiger partial charge in [-0.05, 0) is 55.7 Å². The fourth-order valence-corrected chi connectivity index (χ4v) is 5.35. The van der Waals surface area contributed by atoms with Crippen LogP contribution >= 0.6 is 7.72 Å². The van der Waals surface area contributed by atoms with E-state index in [9.17, 15) is 19.7 Å². The number of aliphatic carboxylic acids is 1. The molecule has 0 saturated heterocycles. The number of rotatable bonds is 10. The largest absolute Gasteiger partial charge is 0.481 e. The normalized spacial score (nSPS) is 17.0. The molecule has 0 spiro atoms. The molecule has 0 radical (unpaired) electrons. The molecule has 1 unspecified atom stereocenters. The van der Waals surface area contributed by atoms with Crippen molar-refractivity contribution in [2.75, 3.05) is 6.16 Å². The molecule has 1 heterocycles. The molecule has 2 rings (SSSR count). The quantitative estimate of drug-likeness (QED) is 0.363. The van der Waals surface area contributed by atoms with Crippen molar-refractivity contribution in [3.8, 4) is 0 Å². The number of pyridine rings is 1. The molecule has 1 aliphatic rings. The third-order valence-corrected chi connectivity index (χ3v) is 7.23. The molecule has 1 atom stereocenters. The Morgan fingerprint density at radius 2 is 1.88 bits per heavy atom. The van der Waals surface area contributed by atoms with Crippen LogP contribution in [0, 0.1) is 17.2 Å². The lowest BCUT2D eigenvalue weighted by atomic mass is 9.87. The lowest BCUT2D eigenvalue weighted by molar-refractivity contribution is -0.141. The van der Waals surface area contributed by atoms with Gasteiger partial charge in [-0.15, -0.1) is 0 Å². The van der Waals surface area contributed by atoms with E-state index in [1.54, 1.807) is 12.4 Å². The summed E-state index contributed by atoms with van der Waals surface area (Å²) in [5.41, 5.74) is 1.05. The molecule has 1 aromatic rings. The third kappa shape index (κ3) is 6.75. The summed E-state index contributed by atoms with van der Waals surface area (Å²) in [5.74, 6) is -1.51. The van der Waals surface area contributed by atoms with Crippen LogP contribution in [-0.4, -0.2) is 37.5 Å². The highest BCUT2D eigenvalue weighted by atomic mass is 31.2. The SMILES string of the molecule is N=C(CC1CCCCC1)[P+](O)(O)CC(CCCc1ccncc1)C(=O)O. The minimum absolute atomic E-state index is 0.0372. The number of nitrogens with one attached hydrogen (secondary N) is 1. The predicted molar refractivity (Wildman–Crippen MR) is 103 cm³/mol. The summed E-state index contributed by atoms with van der Waals surface area (Å²) in [5, 5.41) is 17.6. The van der Waals surface area contributed by atoms with Crippen LogP contribution in [-0.2, 0) is 11.2 Å². The van der Waals surface area contributed by atoms with Gasteiger partial charge in [-0.2, -0.15) is 0 Å². The summed E-state index contributed by atoms with van der Waals surface area (Å²) in [6.07, 6.45) is 10.9. The van der Waals surface area contributed by atoms with Crippen molar-refractivity contribution >= 4 is 19.1 Å². The lowest BCUT2D eigenvalue weighted by Crippen LogP contribution is -2.24. The van der Waals surface area contributed by atoms with E-state index in [4.69, 9.17) is 5.41 Å². The Bertz CT molecular complexity index is 588. The average molecular weight is 381 g/mol. The van der Waals surface area contributed by atoms with Gasteiger partial charge in [0.15, 0.2) is 0 Å². The van der Waals surface area contributed by atoms with E-state index in [0.717, 1.165) is 37.7 Å². The Morgan fingerprint density at radius 1 is 1.23 bits per heavy atom. The van der Waals surface area contributed by atoms with Gasteiger partial charge in [0.05, 0.1) is 5.92 Å². The van der Waals surface area contributed by atoms with Crippen LogP contribution in [0.5, 0.6) is 0 Å². The summed E-state index contributed by atoms with van der Waals surface area (Å²) in [6, 6.07) is 3.79. The second-order valence-electron chi connectivity index (χ2n) is 7.35. The van der Waals surface area contributed by atoms with Crippen LogP contribution in [0.4, 0.5) is 0 Å². The zero-order chi connectivity index (χ0) is 19.0. The highest BCUT2D eigenvalue weighted by Crippen LogP contribution is 2.55. The van der Waals surface area contributed by atoms with Crippen LogP contribution in [0.25, 0.3) is 0 Å². The number of carboxylic acid groups (broad SMARTS) is 1. The third-order valence-electron chi connectivity index (χ3n) is 5.23. The molecular formula is C19H30N2O4P+. The van der Waals surface area contributed by atoms with Crippen molar-refractivity contribution in [2.45, 2.75) is 57.8 Å². The second-order valence-corrected chi connectivity index (χ2v) is 9.72. The molecule has 0 aromatic carbocycles. The van der Waals surface area contributed by atoms with Gasteiger partial charge in [0.2, 0.25) is 5.45 Å². The molecule has 0 amide bonds. The zero-order valence-electron chi connectivity index (χ0n) is 15.2. The van der Waals surface area contributed by atoms with Crippen molar-refractivity contribution in [1.29, 1.82) is 5.41 Å². The minimum Gasteiger partial charge on any atom is -0.481 e. The monoisotopic (exact) mass is 381 g/mol. The summed E-state index contributed by atoms with van der Waals surface area (Å²) >= 11 is 0. The first-order valence-corrected chi connectivity index (χ1v) is 11.3. The standard InChI is InChI=1S/C19H29N2O4P/c20-18(13-16-5-2-1-3-6-16)26(24,25)14-17(19(22)23)8-4-7-15-9-11-21-12-10-15/h9-12,16-17,20,24-25H,1-8,13-14H2/p+1. The number of carbonyl (C=O) groups is 1. The molecule has 144 valence electrons. The van der Waals surface area contributed by atoms with E-state index in [0.29, 0.717) is 25.2 Å². The first-order valence-electron chi connectivity index (χ1n) is 9.42. The fraction of sp³-hybridized carbons (Fsp3) is 0.632. The predicted octanol–water partition coefficient (Wildman–Crippen LogP) is 3.88. The van der Waals surface area contributed by atoms with Crippen LogP contribution in [0.3, 0.4) is 0 Å². The molecule has 26 heavy (non-hydrogen) atoms. The van der Waals surface area contributed by atoms with Gasteiger partial charge in [0.1, 0.15) is 6.16 Å².